The topological polar surface area (TPSA) is 60.8 Å². The molecular formula is C14H19NO3. The fourth-order valence-electron chi connectivity index (χ4n) is 2.38. The maximum atomic E-state index is 12.1. The highest BCUT2D eigenvalue weighted by Gasteiger charge is 2.21. The first kappa shape index (κ1) is 12.7. The standard InChI is InChI=1S/C14H19NO3/c1-10-3-2-6-15(9-10)14(18)8-11-4-5-12(16)13(17)7-11/h4-5,7,10,16-17H,2-3,6,8-9H2,1H3. The summed E-state index contributed by atoms with van der Waals surface area (Å²) >= 11 is 0. The smallest absolute Gasteiger partial charge is 0.227 e. The summed E-state index contributed by atoms with van der Waals surface area (Å²) in [5, 5.41) is 18.6. The first-order valence-corrected chi connectivity index (χ1v) is 6.35. The third-order valence-electron chi connectivity index (χ3n) is 3.40. The number of phenolic OH excluding ortho intramolecular Hbond substituents is 2. The Bertz CT molecular complexity index is 445. The molecule has 0 aliphatic carbocycles. The SMILES string of the molecule is CC1CCCN(C(=O)Cc2ccc(O)c(O)c2)C1. The number of hydrogen-bond acceptors (Lipinski definition) is 3. The first-order valence-electron chi connectivity index (χ1n) is 6.35. The average Bonchev–Trinajstić information content (AvgIpc) is 2.34. The number of amides is 1. The molecule has 98 valence electrons. The summed E-state index contributed by atoms with van der Waals surface area (Å²) in [4.78, 5) is 14.0. The highest BCUT2D eigenvalue weighted by atomic mass is 16.3. The second kappa shape index (κ2) is 5.29. The highest BCUT2D eigenvalue weighted by molar-refractivity contribution is 5.79. The van der Waals surface area contributed by atoms with Gasteiger partial charge in [0.05, 0.1) is 6.42 Å². The summed E-state index contributed by atoms with van der Waals surface area (Å²) < 4.78 is 0. The van der Waals surface area contributed by atoms with E-state index in [-0.39, 0.29) is 23.8 Å². The fraction of sp³-hybridized carbons (Fsp3) is 0.500. The van der Waals surface area contributed by atoms with Crippen molar-refractivity contribution in [2.75, 3.05) is 13.1 Å². The molecule has 4 nitrogen and oxygen atoms in total. The predicted octanol–water partition coefficient (Wildman–Crippen LogP) is 1.90. The van der Waals surface area contributed by atoms with Gasteiger partial charge in [-0.25, -0.2) is 0 Å². The molecule has 2 N–H and O–H groups in total. The third-order valence-corrected chi connectivity index (χ3v) is 3.40. The van der Waals surface area contributed by atoms with E-state index in [1.807, 2.05) is 4.90 Å². The van der Waals surface area contributed by atoms with E-state index in [0.717, 1.165) is 25.1 Å². The van der Waals surface area contributed by atoms with Crippen LogP contribution >= 0.6 is 0 Å². The zero-order chi connectivity index (χ0) is 13.1. The average molecular weight is 249 g/mol. The molecule has 2 rings (SSSR count). The maximum Gasteiger partial charge on any atom is 0.227 e. The Labute approximate surface area is 107 Å². The molecule has 0 saturated carbocycles. The zero-order valence-electron chi connectivity index (χ0n) is 10.6. The predicted molar refractivity (Wildman–Crippen MR) is 68.5 cm³/mol. The summed E-state index contributed by atoms with van der Waals surface area (Å²) in [5.74, 6) is 0.327. The number of carbonyl (C=O) groups is 1. The van der Waals surface area contributed by atoms with Gasteiger partial charge in [0.15, 0.2) is 11.5 Å². The summed E-state index contributed by atoms with van der Waals surface area (Å²) in [6.07, 6.45) is 2.53. The van der Waals surface area contributed by atoms with E-state index in [1.165, 1.54) is 18.6 Å². The van der Waals surface area contributed by atoms with E-state index in [4.69, 9.17) is 0 Å². The van der Waals surface area contributed by atoms with Gasteiger partial charge in [0.2, 0.25) is 5.91 Å². The van der Waals surface area contributed by atoms with Gasteiger partial charge in [0.1, 0.15) is 0 Å². The fourth-order valence-corrected chi connectivity index (χ4v) is 2.38. The van der Waals surface area contributed by atoms with Gasteiger partial charge in [0.25, 0.3) is 0 Å². The lowest BCUT2D eigenvalue weighted by molar-refractivity contribution is -0.132. The Morgan fingerprint density at radius 2 is 2.17 bits per heavy atom. The minimum Gasteiger partial charge on any atom is -0.504 e. The molecule has 1 aliphatic heterocycles. The van der Waals surface area contributed by atoms with Gasteiger partial charge in [-0.1, -0.05) is 13.0 Å². The van der Waals surface area contributed by atoms with E-state index < -0.39 is 0 Å². The van der Waals surface area contributed by atoms with Crippen LogP contribution in [-0.4, -0.2) is 34.1 Å². The van der Waals surface area contributed by atoms with Crippen molar-refractivity contribution in [2.24, 2.45) is 5.92 Å². The Morgan fingerprint density at radius 3 is 2.83 bits per heavy atom. The molecule has 18 heavy (non-hydrogen) atoms. The van der Waals surface area contributed by atoms with Crippen molar-refractivity contribution < 1.29 is 15.0 Å². The van der Waals surface area contributed by atoms with E-state index >= 15 is 0 Å². The lowest BCUT2D eigenvalue weighted by Gasteiger charge is -2.31. The number of phenols is 2. The molecular weight excluding hydrogens is 230 g/mol. The second-order valence-electron chi connectivity index (χ2n) is 5.09. The van der Waals surface area contributed by atoms with Gasteiger partial charge < -0.3 is 15.1 Å². The molecule has 1 unspecified atom stereocenters. The maximum absolute atomic E-state index is 12.1. The number of likely N-dealkylation sites (tertiary alicyclic amines) is 1. The van der Waals surface area contributed by atoms with Gasteiger partial charge >= 0.3 is 0 Å². The van der Waals surface area contributed by atoms with Crippen LogP contribution in [-0.2, 0) is 11.2 Å². The van der Waals surface area contributed by atoms with Crippen LogP contribution in [0, 0.1) is 5.92 Å². The number of nitrogens with zero attached hydrogens (tertiary/aromatic N) is 1. The van der Waals surface area contributed by atoms with Gasteiger partial charge in [0, 0.05) is 13.1 Å². The zero-order valence-corrected chi connectivity index (χ0v) is 10.6. The van der Waals surface area contributed by atoms with Crippen LogP contribution < -0.4 is 0 Å². The molecule has 1 fully saturated rings. The number of benzene rings is 1. The molecule has 1 amide bonds. The molecule has 1 heterocycles. The van der Waals surface area contributed by atoms with Gasteiger partial charge in [-0.15, -0.1) is 0 Å². The third kappa shape index (κ3) is 2.94. The van der Waals surface area contributed by atoms with Crippen LogP contribution in [0.3, 0.4) is 0 Å². The normalized spacial score (nSPS) is 19.8. The van der Waals surface area contributed by atoms with Gasteiger partial charge in [-0.3, -0.25) is 4.79 Å². The van der Waals surface area contributed by atoms with Crippen molar-refractivity contribution in [3.8, 4) is 11.5 Å². The first-order chi connectivity index (χ1) is 8.56. The summed E-state index contributed by atoms with van der Waals surface area (Å²) in [6, 6.07) is 4.53. The molecule has 1 aromatic rings. The van der Waals surface area contributed by atoms with Crippen molar-refractivity contribution in [3.05, 3.63) is 23.8 Å². The molecule has 1 saturated heterocycles. The van der Waals surface area contributed by atoms with E-state index in [1.54, 1.807) is 6.07 Å². The van der Waals surface area contributed by atoms with Gasteiger partial charge in [-0.2, -0.15) is 0 Å². The summed E-state index contributed by atoms with van der Waals surface area (Å²) in [5.41, 5.74) is 0.730. The van der Waals surface area contributed by atoms with Crippen molar-refractivity contribution in [1.82, 2.24) is 4.90 Å². The Balaban J connectivity index is 2.00. The minimum absolute atomic E-state index is 0.0895. The van der Waals surface area contributed by atoms with Crippen LogP contribution in [0.15, 0.2) is 18.2 Å². The molecule has 0 radical (unpaired) electrons. The molecule has 1 atom stereocenters. The molecule has 0 aromatic heterocycles. The number of rotatable bonds is 2. The quantitative estimate of drug-likeness (QED) is 0.787. The molecule has 1 aromatic carbocycles. The molecule has 0 spiro atoms. The second-order valence-corrected chi connectivity index (χ2v) is 5.09. The largest absolute Gasteiger partial charge is 0.504 e. The van der Waals surface area contributed by atoms with Crippen molar-refractivity contribution >= 4 is 5.91 Å². The van der Waals surface area contributed by atoms with Crippen molar-refractivity contribution in [1.29, 1.82) is 0 Å². The molecule has 1 aliphatic rings. The van der Waals surface area contributed by atoms with Crippen LogP contribution in [0.5, 0.6) is 11.5 Å². The van der Waals surface area contributed by atoms with Gasteiger partial charge in [-0.05, 0) is 36.5 Å². The van der Waals surface area contributed by atoms with Crippen LogP contribution in [0.1, 0.15) is 25.3 Å². The van der Waals surface area contributed by atoms with Crippen molar-refractivity contribution in [2.45, 2.75) is 26.2 Å². The Hall–Kier alpha value is -1.71. The minimum atomic E-state index is -0.174. The number of piperidine rings is 1. The number of aromatic hydroxyl groups is 2. The van der Waals surface area contributed by atoms with E-state index in [9.17, 15) is 15.0 Å². The summed E-state index contributed by atoms with van der Waals surface area (Å²) in [7, 11) is 0. The van der Waals surface area contributed by atoms with E-state index in [2.05, 4.69) is 6.92 Å². The van der Waals surface area contributed by atoms with Crippen LogP contribution in [0.2, 0.25) is 0 Å². The molecule has 0 bridgehead atoms. The highest BCUT2D eigenvalue weighted by Crippen LogP contribution is 2.25. The van der Waals surface area contributed by atoms with Crippen molar-refractivity contribution in [3.63, 3.8) is 0 Å². The number of hydrogen-bond donors (Lipinski definition) is 2. The van der Waals surface area contributed by atoms with Crippen LogP contribution in [0.4, 0.5) is 0 Å². The molecule has 4 heteroatoms. The number of carbonyl (C=O) groups excluding carboxylic acids is 1. The van der Waals surface area contributed by atoms with E-state index in [0.29, 0.717) is 5.92 Å². The monoisotopic (exact) mass is 249 g/mol. The Kier molecular flexibility index (Phi) is 3.75. The lowest BCUT2D eigenvalue weighted by Crippen LogP contribution is -2.39. The van der Waals surface area contributed by atoms with Crippen LogP contribution in [0.25, 0.3) is 0 Å². The lowest BCUT2D eigenvalue weighted by atomic mass is 9.99. The Morgan fingerprint density at radius 1 is 1.39 bits per heavy atom. The summed E-state index contributed by atoms with van der Waals surface area (Å²) in [6.45, 7) is 3.81.